The van der Waals surface area contributed by atoms with Gasteiger partial charge in [-0.05, 0) is 14.0 Å². The fraction of sp³-hybridized carbons (Fsp3) is 0.889. The maximum absolute atomic E-state index is 11.5. The van der Waals surface area contributed by atoms with Crippen molar-refractivity contribution in [2.75, 3.05) is 33.2 Å². The molecule has 0 saturated carbocycles. The molecule has 0 unspecified atom stereocenters. The molecule has 4 nitrogen and oxygen atoms in total. The van der Waals surface area contributed by atoms with Crippen LogP contribution >= 0.6 is 0 Å². The van der Waals surface area contributed by atoms with E-state index in [1.807, 2.05) is 4.90 Å². The van der Waals surface area contributed by atoms with Crippen molar-refractivity contribution < 1.29 is 9.90 Å². The van der Waals surface area contributed by atoms with Crippen molar-refractivity contribution in [3.8, 4) is 0 Å². The lowest BCUT2D eigenvalue weighted by Crippen LogP contribution is -2.47. The summed E-state index contributed by atoms with van der Waals surface area (Å²) in [5, 5.41) is 9.05. The minimum absolute atomic E-state index is 0.0723. The van der Waals surface area contributed by atoms with E-state index in [0.717, 1.165) is 26.2 Å². The summed E-state index contributed by atoms with van der Waals surface area (Å²) in [6.07, 6.45) is -0.267. The SMILES string of the molecule is C[C@H](O)CC(=O)N1CCN(C)CC1. The third-order valence-corrected chi connectivity index (χ3v) is 2.33. The number of piperazine rings is 1. The Morgan fingerprint density at radius 3 is 2.38 bits per heavy atom. The largest absolute Gasteiger partial charge is 0.393 e. The molecule has 1 N–H and O–H groups in total. The quantitative estimate of drug-likeness (QED) is 0.634. The summed E-state index contributed by atoms with van der Waals surface area (Å²) in [6.45, 7) is 5.11. The van der Waals surface area contributed by atoms with Crippen molar-refractivity contribution in [3.05, 3.63) is 0 Å². The molecule has 1 fully saturated rings. The van der Waals surface area contributed by atoms with Crippen molar-refractivity contribution in [2.45, 2.75) is 19.4 Å². The molecule has 13 heavy (non-hydrogen) atoms. The number of hydrogen-bond donors (Lipinski definition) is 1. The molecule has 0 aromatic carbocycles. The summed E-state index contributed by atoms with van der Waals surface area (Å²) in [5.74, 6) is 0.0723. The van der Waals surface area contributed by atoms with Crippen LogP contribution in [0.4, 0.5) is 0 Å². The van der Waals surface area contributed by atoms with Crippen LogP contribution in [-0.2, 0) is 4.79 Å². The summed E-state index contributed by atoms with van der Waals surface area (Å²) in [4.78, 5) is 15.5. The van der Waals surface area contributed by atoms with Crippen LogP contribution in [0, 0.1) is 0 Å². The van der Waals surface area contributed by atoms with Gasteiger partial charge < -0.3 is 14.9 Å². The van der Waals surface area contributed by atoms with E-state index in [1.54, 1.807) is 6.92 Å². The summed E-state index contributed by atoms with van der Waals surface area (Å²) >= 11 is 0. The maximum Gasteiger partial charge on any atom is 0.225 e. The van der Waals surface area contributed by atoms with E-state index in [1.165, 1.54) is 0 Å². The van der Waals surface area contributed by atoms with E-state index in [2.05, 4.69) is 11.9 Å². The molecule has 76 valence electrons. The predicted octanol–water partition coefficient (Wildman–Crippen LogP) is -0.469. The van der Waals surface area contributed by atoms with E-state index in [-0.39, 0.29) is 12.3 Å². The Labute approximate surface area is 79.1 Å². The van der Waals surface area contributed by atoms with Gasteiger partial charge in [0.2, 0.25) is 5.91 Å². The van der Waals surface area contributed by atoms with Gasteiger partial charge >= 0.3 is 0 Å². The minimum Gasteiger partial charge on any atom is -0.393 e. The van der Waals surface area contributed by atoms with Crippen LogP contribution in [0.25, 0.3) is 0 Å². The Balaban J connectivity index is 2.31. The first-order valence-corrected chi connectivity index (χ1v) is 4.74. The lowest BCUT2D eigenvalue weighted by atomic mass is 10.2. The van der Waals surface area contributed by atoms with E-state index < -0.39 is 6.10 Å². The third-order valence-electron chi connectivity index (χ3n) is 2.33. The fourth-order valence-corrected chi connectivity index (χ4v) is 1.44. The first-order chi connectivity index (χ1) is 6.09. The zero-order chi connectivity index (χ0) is 9.84. The molecule has 0 bridgehead atoms. The molecule has 1 rings (SSSR count). The molecule has 0 aromatic rings. The summed E-state index contributed by atoms with van der Waals surface area (Å²) in [5.41, 5.74) is 0. The molecule has 0 radical (unpaired) electrons. The van der Waals surface area contributed by atoms with Crippen molar-refractivity contribution in [2.24, 2.45) is 0 Å². The number of aliphatic hydroxyl groups is 1. The number of hydrogen-bond acceptors (Lipinski definition) is 3. The molecule has 1 aliphatic rings. The minimum atomic E-state index is -0.521. The van der Waals surface area contributed by atoms with E-state index in [9.17, 15) is 4.79 Å². The van der Waals surface area contributed by atoms with Crippen LogP contribution in [0.15, 0.2) is 0 Å². The van der Waals surface area contributed by atoms with Crippen LogP contribution in [-0.4, -0.2) is 60.1 Å². The lowest BCUT2D eigenvalue weighted by Gasteiger charge is -2.32. The highest BCUT2D eigenvalue weighted by Gasteiger charge is 2.19. The second-order valence-electron chi connectivity index (χ2n) is 3.74. The van der Waals surface area contributed by atoms with Crippen molar-refractivity contribution >= 4 is 5.91 Å². The number of likely N-dealkylation sites (N-methyl/N-ethyl adjacent to an activating group) is 1. The fourth-order valence-electron chi connectivity index (χ4n) is 1.44. The molecule has 0 spiro atoms. The van der Waals surface area contributed by atoms with Gasteiger partial charge in [0.1, 0.15) is 0 Å². The zero-order valence-electron chi connectivity index (χ0n) is 8.36. The van der Waals surface area contributed by atoms with Gasteiger partial charge in [0.15, 0.2) is 0 Å². The maximum atomic E-state index is 11.5. The van der Waals surface area contributed by atoms with Crippen LogP contribution < -0.4 is 0 Å². The average Bonchev–Trinajstić information content (AvgIpc) is 2.04. The number of nitrogens with zero attached hydrogens (tertiary/aromatic N) is 2. The van der Waals surface area contributed by atoms with Gasteiger partial charge in [0.05, 0.1) is 12.5 Å². The highest BCUT2D eigenvalue weighted by atomic mass is 16.3. The van der Waals surface area contributed by atoms with Gasteiger partial charge in [-0.2, -0.15) is 0 Å². The molecule has 1 atom stereocenters. The van der Waals surface area contributed by atoms with Gasteiger partial charge in [-0.1, -0.05) is 0 Å². The number of amides is 1. The second-order valence-corrected chi connectivity index (χ2v) is 3.74. The molecular weight excluding hydrogens is 168 g/mol. The van der Waals surface area contributed by atoms with Gasteiger partial charge in [0.25, 0.3) is 0 Å². The standard InChI is InChI=1S/C9H18N2O2/c1-8(12)7-9(13)11-5-3-10(2)4-6-11/h8,12H,3-7H2,1-2H3/t8-/m0/s1. The Bertz CT molecular complexity index is 174. The molecule has 1 amide bonds. The molecule has 1 aliphatic heterocycles. The molecule has 4 heteroatoms. The Hall–Kier alpha value is -0.610. The first-order valence-electron chi connectivity index (χ1n) is 4.74. The monoisotopic (exact) mass is 186 g/mol. The molecule has 0 aromatic heterocycles. The summed E-state index contributed by atoms with van der Waals surface area (Å²) in [7, 11) is 2.05. The van der Waals surface area contributed by atoms with E-state index in [4.69, 9.17) is 5.11 Å². The normalized spacial score (nSPS) is 21.6. The molecular formula is C9H18N2O2. The first kappa shape index (κ1) is 10.5. The van der Waals surface area contributed by atoms with Gasteiger partial charge in [-0.25, -0.2) is 0 Å². The van der Waals surface area contributed by atoms with E-state index >= 15 is 0 Å². The van der Waals surface area contributed by atoms with Crippen molar-refractivity contribution in [1.82, 2.24) is 9.80 Å². The number of carbonyl (C=O) groups excluding carboxylic acids is 1. The topological polar surface area (TPSA) is 43.8 Å². The number of aliphatic hydroxyl groups excluding tert-OH is 1. The predicted molar refractivity (Wildman–Crippen MR) is 50.4 cm³/mol. The molecule has 0 aliphatic carbocycles. The average molecular weight is 186 g/mol. The Morgan fingerprint density at radius 2 is 1.92 bits per heavy atom. The van der Waals surface area contributed by atoms with Crippen LogP contribution in [0.3, 0.4) is 0 Å². The highest BCUT2D eigenvalue weighted by molar-refractivity contribution is 5.76. The lowest BCUT2D eigenvalue weighted by molar-refractivity contribution is -0.134. The highest BCUT2D eigenvalue weighted by Crippen LogP contribution is 2.03. The van der Waals surface area contributed by atoms with Gasteiger partial charge in [0, 0.05) is 26.2 Å². The van der Waals surface area contributed by atoms with Crippen LogP contribution in [0.5, 0.6) is 0 Å². The van der Waals surface area contributed by atoms with Crippen LogP contribution in [0.2, 0.25) is 0 Å². The van der Waals surface area contributed by atoms with Crippen LogP contribution in [0.1, 0.15) is 13.3 Å². The zero-order valence-corrected chi connectivity index (χ0v) is 8.36. The Morgan fingerprint density at radius 1 is 1.38 bits per heavy atom. The molecule has 1 saturated heterocycles. The number of carbonyl (C=O) groups is 1. The van der Waals surface area contributed by atoms with Gasteiger partial charge in [-0.15, -0.1) is 0 Å². The van der Waals surface area contributed by atoms with Crippen molar-refractivity contribution in [1.29, 1.82) is 0 Å². The number of rotatable bonds is 2. The second kappa shape index (κ2) is 4.58. The smallest absolute Gasteiger partial charge is 0.225 e. The third kappa shape index (κ3) is 3.32. The summed E-state index contributed by atoms with van der Waals surface area (Å²) in [6, 6.07) is 0. The Kier molecular flexibility index (Phi) is 3.69. The van der Waals surface area contributed by atoms with Crippen molar-refractivity contribution in [3.63, 3.8) is 0 Å². The molecule has 1 heterocycles. The van der Waals surface area contributed by atoms with Gasteiger partial charge in [-0.3, -0.25) is 4.79 Å². The van der Waals surface area contributed by atoms with E-state index in [0.29, 0.717) is 0 Å². The summed E-state index contributed by atoms with van der Waals surface area (Å²) < 4.78 is 0.